The van der Waals surface area contributed by atoms with E-state index in [9.17, 15) is 4.79 Å². The SMILES string of the molecule is O=C(CCc1ccncc1)NCc1noc(C2CCCO2)n1. The number of hydrogen-bond donors (Lipinski definition) is 1. The van der Waals surface area contributed by atoms with Crippen LogP contribution in [0.15, 0.2) is 29.0 Å². The summed E-state index contributed by atoms with van der Waals surface area (Å²) in [6.45, 7) is 1.000. The molecule has 1 saturated heterocycles. The molecule has 0 aromatic carbocycles. The van der Waals surface area contributed by atoms with Crippen LogP contribution in [0.5, 0.6) is 0 Å². The van der Waals surface area contributed by atoms with Crippen LogP contribution in [0.4, 0.5) is 0 Å². The van der Waals surface area contributed by atoms with Crippen LogP contribution in [0, 0.1) is 0 Å². The number of aromatic nitrogens is 3. The molecule has 116 valence electrons. The maximum Gasteiger partial charge on any atom is 0.255 e. The van der Waals surface area contributed by atoms with Crippen LogP contribution in [-0.4, -0.2) is 27.6 Å². The highest BCUT2D eigenvalue weighted by Gasteiger charge is 2.23. The molecule has 22 heavy (non-hydrogen) atoms. The first-order valence-electron chi connectivity index (χ1n) is 7.41. The zero-order valence-corrected chi connectivity index (χ0v) is 12.2. The van der Waals surface area contributed by atoms with Crippen molar-refractivity contribution in [3.05, 3.63) is 41.8 Å². The molecule has 1 amide bonds. The lowest BCUT2D eigenvalue weighted by Crippen LogP contribution is -2.23. The van der Waals surface area contributed by atoms with Gasteiger partial charge in [0.25, 0.3) is 5.89 Å². The second-order valence-corrected chi connectivity index (χ2v) is 5.18. The summed E-state index contributed by atoms with van der Waals surface area (Å²) in [5.41, 5.74) is 1.09. The fourth-order valence-corrected chi connectivity index (χ4v) is 2.32. The van der Waals surface area contributed by atoms with Gasteiger partial charge in [-0.15, -0.1) is 0 Å². The van der Waals surface area contributed by atoms with Gasteiger partial charge in [0.05, 0.1) is 6.54 Å². The van der Waals surface area contributed by atoms with Crippen molar-refractivity contribution >= 4 is 5.91 Å². The number of pyridine rings is 1. The van der Waals surface area contributed by atoms with Crippen LogP contribution < -0.4 is 5.32 Å². The Morgan fingerprint density at radius 2 is 2.23 bits per heavy atom. The minimum absolute atomic E-state index is 0.0414. The Bertz CT molecular complexity index is 608. The summed E-state index contributed by atoms with van der Waals surface area (Å²) >= 11 is 0. The van der Waals surface area contributed by atoms with Gasteiger partial charge in [-0.25, -0.2) is 0 Å². The fourth-order valence-electron chi connectivity index (χ4n) is 2.32. The molecule has 1 aliphatic rings. The summed E-state index contributed by atoms with van der Waals surface area (Å²) in [7, 11) is 0. The number of rotatable bonds is 6. The molecule has 7 nitrogen and oxygen atoms in total. The second-order valence-electron chi connectivity index (χ2n) is 5.18. The quantitative estimate of drug-likeness (QED) is 0.871. The first kappa shape index (κ1) is 14.6. The highest BCUT2D eigenvalue weighted by atomic mass is 16.5. The summed E-state index contributed by atoms with van der Waals surface area (Å²) in [5.74, 6) is 0.932. The number of ether oxygens (including phenoxy) is 1. The Kier molecular flexibility index (Phi) is 4.75. The van der Waals surface area contributed by atoms with Gasteiger partial charge in [-0.3, -0.25) is 9.78 Å². The molecule has 0 radical (unpaired) electrons. The standard InChI is InChI=1S/C15H18N4O3/c20-14(4-3-11-5-7-16-8-6-11)17-10-13-18-15(22-19-13)12-2-1-9-21-12/h5-8,12H,1-4,9-10H2,(H,17,20). The summed E-state index contributed by atoms with van der Waals surface area (Å²) in [5, 5.41) is 6.65. The average molecular weight is 302 g/mol. The number of aryl methyl sites for hydroxylation is 1. The third kappa shape index (κ3) is 3.88. The number of carbonyl (C=O) groups excluding carboxylic acids is 1. The summed E-state index contributed by atoms with van der Waals surface area (Å²) in [6.07, 6.45) is 6.36. The molecule has 7 heteroatoms. The molecule has 0 aliphatic carbocycles. The molecule has 1 aliphatic heterocycles. The molecular weight excluding hydrogens is 284 g/mol. The van der Waals surface area contributed by atoms with Crippen LogP contribution >= 0.6 is 0 Å². The van der Waals surface area contributed by atoms with Gasteiger partial charge in [0.15, 0.2) is 5.82 Å². The number of hydrogen-bond acceptors (Lipinski definition) is 6. The smallest absolute Gasteiger partial charge is 0.255 e. The first-order valence-corrected chi connectivity index (χ1v) is 7.41. The van der Waals surface area contributed by atoms with E-state index in [1.165, 1.54) is 0 Å². The molecule has 1 unspecified atom stereocenters. The van der Waals surface area contributed by atoms with Crippen molar-refractivity contribution < 1.29 is 14.1 Å². The molecular formula is C15H18N4O3. The van der Waals surface area contributed by atoms with Gasteiger partial charge >= 0.3 is 0 Å². The van der Waals surface area contributed by atoms with Crippen molar-refractivity contribution in [1.29, 1.82) is 0 Å². The van der Waals surface area contributed by atoms with E-state index in [0.29, 0.717) is 24.6 Å². The van der Waals surface area contributed by atoms with Gasteiger partial charge < -0.3 is 14.6 Å². The zero-order valence-electron chi connectivity index (χ0n) is 12.2. The van der Waals surface area contributed by atoms with Crippen LogP contribution in [0.25, 0.3) is 0 Å². The molecule has 1 fully saturated rings. The predicted molar refractivity (Wildman–Crippen MR) is 76.6 cm³/mol. The van der Waals surface area contributed by atoms with E-state index in [0.717, 1.165) is 25.0 Å². The minimum atomic E-state index is -0.0939. The van der Waals surface area contributed by atoms with E-state index in [-0.39, 0.29) is 18.6 Å². The summed E-state index contributed by atoms with van der Waals surface area (Å²) in [6, 6.07) is 3.81. The van der Waals surface area contributed by atoms with E-state index in [4.69, 9.17) is 9.26 Å². The van der Waals surface area contributed by atoms with E-state index in [1.54, 1.807) is 12.4 Å². The van der Waals surface area contributed by atoms with Crippen molar-refractivity contribution in [2.24, 2.45) is 0 Å². The van der Waals surface area contributed by atoms with E-state index in [2.05, 4.69) is 20.4 Å². The maximum absolute atomic E-state index is 11.8. The van der Waals surface area contributed by atoms with Crippen molar-refractivity contribution in [2.75, 3.05) is 6.61 Å². The van der Waals surface area contributed by atoms with Crippen molar-refractivity contribution in [1.82, 2.24) is 20.4 Å². The van der Waals surface area contributed by atoms with Crippen LogP contribution in [0.1, 0.15) is 42.6 Å². The minimum Gasteiger partial charge on any atom is -0.368 e. The van der Waals surface area contributed by atoms with Gasteiger partial charge in [-0.2, -0.15) is 4.98 Å². The van der Waals surface area contributed by atoms with E-state index < -0.39 is 0 Å². The average Bonchev–Trinajstić information content (AvgIpc) is 3.22. The monoisotopic (exact) mass is 302 g/mol. The number of nitrogens with zero attached hydrogens (tertiary/aromatic N) is 3. The molecule has 1 atom stereocenters. The number of carbonyl (C=O) groups is 1. The Morgan fingerprint density at radius 3 is 3.00 bits per heavy atom. The van der Waals surface area contributed by atoms with Crippen LogP contribution in [0.3, 0.4) is 0 Å². The summed E-state index contributed by atoms with van der Waals surface area (Å²) < 4.78 is 10.6. The Labute approximate surface area is 128 Å². The van der Waals surface area contributed by atoms with Crippen molar-refractivity contribution in [3.63, 3.8) is 0 Å². The third-order valence-corrected chi connectivity index (χ3v) is 3.52. The Balaban J connectivity index is 1.43. The van der Waals surface area contributed by atoms with Gasteiger partial charge in [-0.1, -0.05) is 5.16 Å². The lowest BCUT2D eigenvalue weighted by Gasteiger charge is -2.03. The van der Waals surface area contributed by atoms with Gasteiger partial charge in [0, 0.05) is 25.4 Å². The van der Waals surface area contributed by atoms with Gasteiger partial charge in [-0.05, 0) is 37.0 Å². The molecule has 3 heterocycles. The highest BCUT2D eigenvalue weighted by molar-refractivity contribution is 5.76. The summed E-state index contributed by atoms with van der Waals surface area (Å²) in [4.78, 5) is 20.0. The zero-order chi connectivity index (χ0) is 15.2. The largest absolute Gasteiger partial charge is 0.368 e. The third-order valence-electron chi connectivity index (χ3n) is 3.52. The first-order chi connectivity index (χ1) is 10.8. The Morgan fingerprint density at radius 1 is 1.36 bits per heavy atom. The lowest BCUT2D eigenvalue weighted by molar-refractivity contribution is -0.121. The van der Waals surface area contributed by atoms with E-state index >= 15 is 0 Å². The van der Waals surface area contributed by atoms with Gasteiger partial charge in [0.1, 0.15) is 6.10 Å². The number of nitrogens with one attached hydrogen (secondary N) is 1. The molecule has 3 rings (SSSR count). The lowest BCUT2D eigenvalue weighted by atomic mass is 10.1. The maximum atomic E-state index is 11.8. The molecule has 0 bridgehead atoms. The van der Waals surface area contributed by atoms with Gasteiger partial charge in [0.2, 0.25) is 5.91 Å². The van der Waals surface area contributed by atoms with Crippen LogP contribution in [-0.2, 0) is 22.5 Å². The normalized spacial score (nSPS) is 17.5. The second kappa shape index (κ2) is 7.13. The topological polar surface area (TPSA) is 90.1 Å². The number of amides is 1. The van der Waals surface area contributed by atoms with E-state index in [1.807, 2.05) is 12.1 Å². The van der Waals surface area contributed by atoms with Crippen LogP contribution in [0.2, 0.25) is 0 Å². The van der Waals surface area contributed by atoms with Crippen molar-refractivity contribution in [3.8, 4) is 0 Å². The molecule has 2 aromatic rings. The Hall–Kier alpha value is -2.28. The molecule has 0 spiro atoms. The van der Waals surface area contributed by atoms with Crippen molar-refractivity contribution in [2.45, 2.75) is 38.3 Å². The predicted octanol–water partition coefficient (Wildman–Crippen LogP) is 1.57. The molecule has 2 aromatic heterocycles. The fraction of sp³-hybridized carbons (Fsp3) is 0.467. The molecule has 1 N–H and O–H groups in total. The highest BCUT2D eigenvalue weighted by Crippen LogP contribution is 2.26. The molecule has 0 saturated carbocycles.